The van der Waals surface area contributed by atoms with Gasteiger partial charge in [0.25, 0.3) is 0 Å². The van der Waals surface area contributed by atoms with E-state index in [0.29, 0.717) is 0 Å². The van der Waals surface area contributed by atoms with Crippen molar-refractivity contribution < 1.29 is 19.5 Å². The van der Waals surface area contributed by atoms with Gasteiger partial charge in [-0.05, 0) is 11.6 Å². The average molecular weight is 344 g/mol. The summed E-state index contributed by atoms with van der Waals surface area (Å²) < 4.78 is 0.826. The Morgan fingerprint density at radius 2 is 1.95 bits per heavy atom. The van der Waals surface area contributed by atoms with Crippen LogP contribution in [0.2, 0.25) is 0 Å². The zero-order valence-electron chi connectivity index (χ0n) is 10.4. The highest BCUT2D eigenvalue weighted by Gasteiger charge is 2.21. The van der Waals surface area contributed by atoms with E-state index in [1.165, 1.54) is 0 Å². The molecule has 7 nitrogen and oxygen atoms in total. The summed E-state index contributed by atoms with van der Waals surface area (Å²) in [6.45, 7) is 0.218. The molecule has 1 rings (SSSR count). The Balaban J connectivity index is 2.52. The van der Waals surface area contributed by atoms with Crippen LogP contribution >= 0.6 is 15.9 Å². The summed E-state index contributed by atoms with van der Waals surface area (Å²) in [5.74, 6) is -2.12. The second-order valence-corrected chi connectivity index (χ2v) is 4.83. The van der Waals surface area contributed by atoms with Gasteiger partial charge >= 0.3 is 12.0 Å². The lowest BCUT2D eigenvalue weighted by molar-refractivity contribution is -0.140. The van der Waals surface area contributed by atoms with E-state index in [0.717, 1.165) is 10.0 Å². The van der Waals surface area contributed by atoms with Crippen molar-refractivity contribution in [1.82, 2.24) is 10.6 Å². The van der Waals surface area contributed by atoms with E-state index in [1.54, 1.807) is 0 Å². The van der Waals surface area contributed by atoms with Gasteiger partial charge in [-0.25, -0.2) is 9.59 Å². The number of nitrogens with two attached hydrogens (primary N) is 1. The number of benzene rings is 1. The number of urea groups is 1. The highest BCUT2D eigenvalue weighted by Crippen LogP contribution is 2.15. The number of carbonyl (C=O) groups excluding carboxylic acids is 2. The summed E-state index contributed by atoms with van der Waals surface area (Å²) in [5, 5.41) is 13.5. The third-order valence-electron chi connectivity index (χ3n) is 2.41. The lowest BCUT2D eigenvalue weighted by Gasteiger charge is -2.14. The van der Waals surface area contributed by atoms with Gasteiger partial charge < -0.3 is 21.5 Å². The molecule has 1 aromatic rings. The molecule has 0 bridgehead atoms. The zero-order valence-corrected chi connectivity index (χ0v) is 12.0. The van der Waals surface area contributed by atoms with Crippen molar-refractivity contribution in [2.45, 2.75) is 19.0 Å². The molecule has 0 unspecified atom stereocenters. The van der Waals surface area contributed by atoms with Crippen LogP contribution in [0.5, 0.6) is 0 Å². The van der Waals surface area contributed by atoms with Gasteiger partial charge in [0.1, 0.15) is 6.04 Å². The summed E-state index contributed by atoms with van der Waals surface area (Å²) >= 11 is 3.33. The standard InChI is InChI=1S/C12H14BrN3O4/c13-8-4-2-1-3-7(8)6-15-12(20)16-9(11(18)19)5-10(14)17/h1-4,9H,5-6H2,(H2,14,17)(H,18,19)(H2,15,16,20)/t9-/m1/s1. The minimum Gasteiger partial charge on any atom is -0.480 e. The van der Waals surface area contributed by atoms with Crippen LogP contribution in [0.3, 0.4) is 0 Å². The van der Waals surface area contributed by atoms with Crippen molar-refractivity contribution >= 4 is 33.8 Å². The third kappa shape index (κ3) is 5.27. The van der Waals surface area contributed by atoms with Gasteiger partial charge in [-0.2, -0.15) is 0 Å². The second kappa shape index (κ2) is 7.49. The van der Waals surface area contributed by atoms with E-state index in [2.05, 4.69) is 26.6 Å². The molecular formula is C12H14BrN3O4. The second-order valence-electron chi connectivity index (χ2n) is 3.98. The van der Waals surface area contributed by atoms with Crippen molar-refractivity contribution in [1.29, 1.82) is 0 Å². The van der Waals surface area contributed by atoms with Gasteiger partial charge in [-0.1, -0.05) is 34.1 Å². The van der Waals surface area contributed by atoms with E-state index in [9.17, 15) is 14.4 Å². The van der Waals surface area contributed by atoms with Crippen molar-refractivity contribution in [3.8, 4) is 0 Å². The Labute approximate surface area is 123 Å². The smallest absolute Gasteiger partial charge is 0.326 e. The van der Waals surface area contributed by atoms with Crippen LogP contribution < -0.4 is 16.4 Å². The van der Waals surface area contributed by atoms with E-state index in [4.69, 9.17) is 10.8 Å². The Bertz CT molecular complexity index is 521. The molecule has 0 aliphatic rings. The van der Waals surface area contributed by atoms with Crippen LogP contribution in [-0.2, 0) is 16.1 Å². The molecule has 0 spiro atoms. The molecule has 1 aromatic carbocycles. The predicted molar refractivity (Wildman–Crippen MR) is 74.7 cm³/mol. The quantitative estimate of drug-likeness (QED) is 0.603. The number of hydrogen-bond acceptors (Lipinski definition) is 3. The van der Waals surface area contributed by atoms with Gasteiger partial charge in [-0.3, -0.25) is 4.79 Å². The fourth-order valence-electron chi connectivity index (χ4n) is 1.43. The summed E-state index contributed by atoms with van der Waals surface area (Å²) in [6.07, 6.45) is -0.461. The molecule has 0 aliphatic carbocycles. The van der Waals surface area contributed by atoms with Crippen LogP contribution in [0.4, 0.5) is 4.79 Å². The molecule has 3 amide bonds. The Kier molecular flexibility index (Phi) is 5.98. The van der Waals surface area contributed by atoms with E-state index in [1.807, 2.05) is 24.3 Å². The lowest BCUT2D eigenvalue weighted by atomic mass is 10.2. The maximum absolute atomic E-state index is 11.6. The van der Waals surface area contributed by atoms with Crippen LogP contribution in [0.1, 0.15) is 12.0 Å². The van der Waals surface area contributed by atoms with Crippen LogP contribution in [-0.4, -0.2) is 29.1 Å². The monoisotopic (exact) mass is 343 g/mol. The maximum atomic E-state index is 11.6. The number of halogens is 1. The van der Waals surface area contributed by atoms with Crippen molar-refractivity contribution in [3.63, 3.8) is 0 Å². The molecule has 0 saturated heterocycles. The SMILES string of the molecule is NC(=O)C[C@@H](NC(=O)NCc1ccccc1Br)C(=O)O. The Morgan fingerprint density at radius 1 is 1.30 bits per heavy atom. The fraction of sp³-hybridized carbons (Fsp3) is 0.250. The number of aliphatic carboxylic acids is 1. The summed E-state index contributed by atoms with van der Waals surface area (Å²) in [6, 6.07) is 5.25. The first-order valence-electron chi connectivity index (χ1n) is 5.69. The molecule has 0 aromatic heterocycles. The van der Waals surface area contributed by atoms with Crippen LogP contribution in [0.25, 0.3) is 0 Å². The number of amides is 3. The number of rotatable bonds is 6. The summed E-state index contributed by atoms with van der Waals surface area (Å²) in [4.78, 5) is 33.1. The van der Waals surface area contributed by atoms with E-state index >= 15 is 0 Å². The molecule has 0 heterocycles. The summed E-state index contributed by atoms with van der Waals surface area (Å²) in [5.41, 5.74) is 5.75. The van der Waals surface area contributed by atoms with Gasteiger partial charge in [0.05, 0.1) is 6.42 Å². The first-order valence-corrected chi connectivity index (χ1v) is 6.48. The topological polar surface area (TPSA) is 122 Å². The Morgan fingerprint density at radius 3 is 2.50 bits per heavy atom. The predicted octanol–water partition coefficient (Wildman–Crippen LogP) is 0.577. The average Bonchev–Trinajstić information content (AvgIpc) is 2.36. The first-order chi connectivity index (χ1) is 9.40. The molecule has 8 heteroatoms. The van der Waals surface area contributed by atoms with Gasteiger partial charge in [0.15, 0.2) is 0 Å². The molecule has 0 saturated carbocycles. The molecule has 5 N–H and O–H groups in total. The van der Waals surface area contributed by atoms with E-state index in [-0.39, 0.29) is 6.54 Å². The molecule has 20 heavy (non-hydrogen) atoms. The molecule has 0 radical (unpaired) electrons. The number of nitrogens with one attached hydrogen (secondary N) is 2. The molecule has 108 valence electrons. The van der Waals surface area contributed by atoms with E-state index < -0.39 is 30.4 Å². The first kappa shape index (κ1) is 16.0. The molecule has 0 fully saturated rings. The van der Waals surface area contributed by atoms with Gasteiger partial charge in [0, 0.05) is 11.0 Å². The highest BCUT2D eigenvalue weighted by molar-refractivity contribution is 9.10. The van der Waals surface area contributed by atoms with Crippen molar-refractivity contribution in [2.24, 2.45) is 5.73 Å². The van der Waals surface area contributed by atoms with Crippen LogP contribution in [0, 0.1) is 0 Å². The zero-order chi connectivity index (χ0) is 15.1. The van der Waals surface area contributed by atoms with Crippen LogP contribution in [0.15, 0.2) is 28.7 Å². The van der Waals surface area contributed by atoms with Crippen molar-refractivity contribution in [2.75, 3.05) is 0 Å². The maximum Gasteiger partial charge on any atom is 0.326 e. The number of carboxylic acid groups (broad SMARTS) is 1. The fourth-order valence-corrected chi connectivity index (χ4v) is 1.85. The Hall–Kier alpha value is -2.09. The highest BCUT2D eigenvalue weighted by atomic mass is 79.9. The molecular weight excluding hydrogens is 330 g/mol. The summed E-state index contributed by atoms with van der Waals surface area (Å²) in [7, 11) is 0. The third-order valence-corrected chi connectivity index (χ3v) is 3.18. The number of hydrogen-bond donors (Lipinski definition) is 4. The van der Waals surface area contributed by atoms with Gasteiger partial charge in [0.2, 0.25) is 5.91 Å². The number of primary amides is 1. The molecule has 1 atom stereocenters. The minimum absolute atomic E-state index is 0.218. The lowest BCUT2D eigenvalue weighted by Crippen LogP contribution is -2.47. The normalized spacial score (nSPS) is 11.4. The molecule has 0 aliphatic heterocycles. The van der Waals surface area contributed by atoms with Gasteiger partial charge in [-0.15, -0.1) is 0 Å². The number of carboxylic acids is 1. The van der Waals surface area contributed by atoms with Crippen molar-refractivity contribution in [3.05, 3.63) is 34.3 Å². The largest absolute Gasteiger partial charge is 0.480 e. The number of carbonyl (C=O) groups is 3. The minimum atomic E-state index is -1.34.